The third-order valence-electron chi connectivity index (χ3n) is 0.621. The number of rotatable bonds is 0. The summed E-state index contributed by atoms with van der Waals surface area (Å²) < 4.78 is 2.36. The number of carbonyl (C=O) groups excluding carboxylic acids is 2. The van der Waals surface area contributed by atoms with Crippen LogP contribution in [0.4, 0.5) is 4.79 Å². The fourth-order valence-corrected chi connectivity index (χ4v) is 0.813. The van der Waals surface area contributed by atoms with Crippen molar-refractivity contribution in [1.29, 1.82) is 0 Å². The highest BCUT2D eigenvalue weighted by molar-refractivity contribution is 7.98. The summed E-state index contributed by atoms with van der Waals surface area (Å²) in [6.45, 7) is 0. The first kappa shape index (κ1) is 5.43. The van der Waals surface area contributed by atoms with E-state index in [1.54, 1.807) is 0 Å². The first-order valence-electron chi connectivity index (χ1n) is 2.00. The summed E-state index contributed by atoms with van der Waals surface area (Å²) in [7, 11) is 0. The van der Waals surface area contributed by atoms with Crippen LogP contribution in [0.1, 0.15) is 0 Å². The molecule has 0 aromatic rings. The topological polar surface area (TPSA) is 58.2 Å². The van der Waals surface area contributed by atoms with Crippen LogP contribution in [0.5, 0.6) is 0 Å². The summed E-state index contributed by atoms with van der Waals surface area (Å²) in [4.78, 5) is 20.5. The van der Waals surface area contributed by atoms with Crippen molar-refractivity contribution >= 4 is 23.9 Å². The zero-order chi connectivity index (χ0) is 5.98. The molecule has 2 N–H and O–H groups in total. The van der Waals surface area contributed by atoms with Crippen LogP contribution >= 0.6 is 11.9 Å². The van der Waals surface area contributed by atoms with Crippen LogP contribution in [0, 0.1) is 0 Å². The molecule has 0 aromatic carbocycles. The first-order valence-corrected chi connectivity index (χ1v) is 2.99. The fourth-order valence-electron chi connectivity index (χ4n) is 0.355. The van der Waals surface area contributed by atoms with Crippen LogP contribution in [0.25, 0.3) is 0 Å². The van der Waals surface area contributed by atoms with Gasteiger partial charge in [0.2, 0.25) is 5.91 Å². The van der Waals surface area contributed by atoms with Crippen molar-refractivity contribution in [3.05, 3.63) is 0 Å². The van der Waals surface area contributed by atoms with Gasteiger partial charge in [0.05, 0.1) is 5.75 Å². The Kier molecular flexibility index (Phi) is 1.38. The van der Waals surface area contributed by atoms with E-state index in [-0.39, 0.29) is 5.91 Å². The molecule has 0 aliphatic carbocycles. The average molecular weight is 132 g/mol. The minimum atomic E-state index is -0.425. The molecule has 0 bridgehead atoms. The summed E-state index contributed by atoms with van der Waals surface area (Å²) in [5.41, 5.74) is 0. The van der Waals surface area contributed by atoms with Crippen LogP contribution in [0.2, 0.25) is 0 Å². The number of urea groups is 1. The predicted octanol–water partition coefficient (Wildman–Crippen LogP) is -0.526. The molecule has 1 rings (SSSR count). The standard InChI is InChI=1S/C3H4N2O2S/c6-2-1-8-5-3(7)4-2/h1H2,(H2,4,5,6,7). The number of hydrogen-bond acceptors (Lipinski definition) is 3. The molecule has 0 atom stereocenters. The Balaban J connectivity index is 2.45. The van der Waals surface area contributed by atoms with Gasteiger partial charge in [-0.05, 0) is 11.9 Å². The molecular weight excluding hydrogens is 128 g/mol. The minimum Gasteiger partial charge on any atom is -0.281 e. The Morgan fingerprint density at radius 1 is 1.50 bits per heavy atom. The zero-order valence-electron chi connectivity index (χ0n) is 3.93. The molecule has 1 heterocycles. The lowest BCUT2D eigenvalue weighted by Crippen LogP contribution is -2.42. The minimum absolute atomic E-state index is 0.237. The monoisotopic (exact) mass is 132 g/mol. The van der Waals surface area contributed by atoms with Gasteiger partial charge in [-0.15, -0.1) is 0 Å². The maximum atomic E-state index is 10.3. The van der Waals surface area contributed by atoms with Gasteiger partial charge in [-0.2, -0.15) is 0 Å². The summed E-state index contributed by atoms with van der Waals surface area (Å²) >= 11 is 1.10. The maximum Gasteiger partial charge on any atom is 0.331 e. The summed E-state index contributed by atoms with van der Waals surface area (Å²) in [6, 6.07) is -0.425. The van der Waals surface area contributed by atoms with Crippen molar-refractivity contribution in [2.75, 3.05) is 5.75 Å². The van der Waals surface area contributed by atoms with Crippen molar-refractivity contribution in [3.63, 3.8) is 0 Å². The molecule has 1 saturated heterocycles. The maximum absolute atomic E-state index is 10.3. The second kappa shape index (κ2) is 2.04. The Morgan fingerprint density at radius 2 is 2.25 bits per heavy atom. The van der Waals surface area contributed by atoms with E-state index in [0.717, 1.165) is 11.9 Å². The molecule has 5 heteroatoms. The molecule has 1 aliphatic heterocycles. The van der Waals surface area contributed by atoms with Gasteiger partial charge in [0.1, 0.15) is 0 Å². The lowest BCUT2D eigenvalue weighted by Gasteiger charge is -2.09. The molecule has 0 aromatic heterocycles. The Morgan fingerprint density at radius 3 is 2.62 bits per heavy atom. The van der Waals surface area contributed by atoms with E-state index in [0.29, 0.717) is 5.75 Å². The second-order valence-electron chi connectivity index (χ2n) is 1.27. The number of hydrogen-bond donors (Lipinski definition) is 2. The van der Waals surface area contributed by atoms with Crippen LogP contribution in [-0.2, 0) is 4.79 Å². The van der Waals surface area contributed by atoms with Gasteiger partial charge in [-0.25, -0.2) is 4.79 Å². The van der Waals surface area contributed by atoms with Gasteiger partial charge in [0.15, 0.2) is 0 Å². The average Bonchev–Trinajstić information content (AvgIpc) is 1.64. The Bertz CT molecular complexity index is 121. The quantitative estimate of drug-likeness (QED) is 0.436. The van der Waals surface area contributed by atoms with E-state index in [4.69, 9.17) is 0 Å². The first-order chi connectivity index (χ1) is 3.79. The van der Waals surface area contributed by atoms with Crippen LogP contribution in [0.15, 0.2) is 0 Å². The van der Waals surface area contributed by atoms with Gasteiger partial charge in [0.25, 0.3) is 0 Å². The highest BCUT2D eigenvalue weighted by Crippen LogP contribution is 1.95. The fraction of sp³-hybridized carbons (Fsp3) is 0.333. The van der Waals surface area contributed by atoms with E-state index in [2.05, 4.69) is 10.0 Å². The summed E-state index contributed by atoms with van der Waals surface area (Å²) in [6.07, 6.45) is 0. The second-order valence-corrected chi connectivity index (χ2v) is 2.05. The van der Waals surface area contributed by atoms with E-state index < -0.39 is 6.03 Å². The summed E-state index contributed by atoms with van der Waals surface area (Å²) in [5.74, 6) is 0.0740. The van der Waals surface area contributed by atoms with Gasteiger partial charge in [-0.3, -0.25) is 14.8 Å². The van der Waals surface area contributed by atoms with E-state index in [1.165, 1.54) is 0 Å². The van der Waals surface area contributed by atoms with Crippen molar-refractivity contribution in [1.82, 2.24) is 10.0 Å². The SMILES string of the molecule is O=C1CSNC(=O)N1. The van der Waals surface area contributed by atoms with Gasteiger partial charge in [-0.1, -0.05) is 0 Å². The third-order valence-corrected chi connectivity index (χ3v) is 1.36. The highest BCUT2D eigenvalue weighted by Gasteiger charge is 2.12. The molecule has 0 saturated carbocycles. The van der Waals surface area contributed by atoms with Crippen LogP contribution < -0.4 is 10.0 Å². The zero-order valence-corrected chi connectivity index (χ0v) is 4.75. The van der Waals surface area contributed by atoms with Crippen molar-refractivity contribution in [3.8, 4) is 0 Å². The van der Waals surface area contributed by atoms with Crippen LogP contribution in [-0.4, -0.2) is 17.7 Å². The van der Waals surface area contributed by atoms with Gasteiger partial charge in [0, 0.05) is 0 Å². The number of carbonyl (C=O) groups is 2. The molecule has 1 aliphatic rings. The molecule has 0 unspecified atom stereocenters. The smallest absolute Gasteiger partial charge is 0.281 e. The number of imide groups is 1. The molecule has 44 valence electrons. The number of nitrogens with one attached hydrogen (secondary N) is 2. The Labute approximate surface area is 50.1 Å². The van der Waals surface area contributed by atoms with Crippen molar-refractivity contribution < 1.29 is 9.59 Å². The normalized spacial score (nSPS) is 19.5. The molecule has 8 heavy (non-hydrogen) atoms. The lowest BCUT2D eigenvalue weighted by atomic mass is 10.7. The number of amides is 3. The highest BCUT2D eigenvalue weighted by atomic mass is 32.2. The van der Waals surface area contributed by atoms with E-state index in [9.17, 15) is 9.59 Å². The molecule has 1 fully saturated rings. The van der Waals surface area contributed by atoms with Crippen molar-refractivity contribution in [2.45, 2.75) is 0 Å². The predicted molar refractivity (Wildman–Crippen MR) is 29.1 cm³/mol. The van der Waals surface area contributed by atoms with Crippen LogP contribution in [0.3, 0.4) is 0 Å². The van der Waals surface area contributed by atoms with E-state index in [1.807, 2.05) is 0 Å². The molecular formula is C3H4N2O2S. The molecule has 3 amide bonds. The molecule has 0 radical (unpaired) electrons. The largest absolute Gasteiger partial charge is 0.331 e. The van der Waals surface area contributed by atoms with Crippen molar-refractivity contribution in [2.24, 2.45) is 0 Å². The van der Waals surface area contributed by atoms with Gasteiger partial charge < -0.3 is 0 Å². The Hall–Kier alpha value is -0.710. The summed E-state index contributed by atoms with van der Waals surface area (Å²) in [5, 5.41) is 2.07. The van der Waals surface area contributed by atoms with E-state index >= 15 is 0 Å². The lowest BCUT2D eigenvalue weighted by molar-refractivity contribution is -0.117. The van der Waals surface area contributed by atoms with Gasteiger partial charge >= 0.3 is 6.03 Å². The molecule has 4 nitrogen and oxygen atoms in total. The molecule has 0 spiro atoms. The third kappa shape index (κ3) is 1.13.